The molecule has 110 valence electrons. The number of likely N-dealkylation sites (tertiary alicyclic amines) is 1. The fraction of sp³-hybridized carbons (Fsp3) is 0.353. The Morgan fingerprint density at radius 1 is 1.19 bits per heavy atom. The number of hydrogen-bond donors (Lipinski definition) is 0. The predicted octanol–water partition coefficient (Wildman–Crippen LogP) is 3.31. The molecule has 4 heteroatoms. The maximum Gasteiger partial charge on any atom is 0.289 e. The van der Waals surface area contributed by atoms with E-state index in [1.165, 1.54) is 11.8 Å². The smallest absolute Gasteiger partial charge is 0.289 e. The molecule has 2 heterocycles. The third kappa shape index (κ3) is 2.94. The van der Waals surface area contributed by atoms with Crippen molar-refractivity contribution in [3.05, 3.63) is 54.0 Å². The molecule has 3 rings (SSSR count). The summed E-state index contributed by atoms with van der Waals surface area (Å²) in [6, 6.07) is 11.7. The molecule has 0 bridgehead atoms. The van der Waals surface area contributed by atoms with Crippen LogP contribution in [0.4, 0.5) is 0 Å². The summed E-state index contributed by atoms with van der Waals surface area (Å²) in [6.07, 6.45) is 3.51. The predicted molar refractivity (Wildman–Crippen MR) is 79.6 cm³/mol. The summed E-state index contributed by atoms with van der Waals surface area (Å²) >= 11 is 0. The van der Waals surface area contributed by atoms with E-state index in [9.17, 15) is 4.79 Å². The van der Waals surface area contributed by atoms with Crippen LogP contribution in [0.1, 0.15) is 34.9 Å². The summed E-state index contributed by atoms with van der Waals surface area (Å²) in [4.78, 5) is 14.1. The van der Waals surface area contributed by atoms with Gasteiger partial charge in [0.2, 0.25) is 0 Å². The van der Waals surface area contributed by atoms with Gasteiger partial charge < -0.3 is 14.1 Å². The molecule has 1 aliphatic heterocycles. The zero-order chi connectivity index (χ0) is 14.7. The molecule has 4 nitrogen and oxygen atoms in total. The van der Waals surface area contributed by atoms with Gasteiger partial charge in [-0.1, -0.05) is 12.1 Å². The SMILES string of the molecule is COc1ccc(C2CCN(C(=O)c3ccco3)CC2)cc1. The van der Waals surface area contributed by atoms with Crippen LogP contribution in [0.5, 0.6) is 5.75 Å². The van der Waals surface area contributed by atoms with E-state index in [-0.39, 0.29) is 5.91 Å². The highest BCUT2D eigenvalue weighted by Gasteiger charge is 2.25. The van der Waals surface area contributed by atoms with Crippen molar-refractivity contribution in [1.82, 2.24) is 4.90 Å². The maximum absolute atomic E-state index is 12.2. The van der Waals surface area contributed by atoms with E-state index in [1.54, 1.807) is 19.2 Å². The van der Waals surface area contributed by atoms with E-state index >= 15 is 0 Å². The number of ether oxygens (including phenoxy) is 1. The van der Waals surface area contributed by atoms with E-state index in [4.69, 9.17) is 9.15 Å². The van der Waals surface area contributed by atoms with Crippen LogP contribution in [0.2, 0.25) is 0 Å². The number of methoxy groups -OCH3 is 1. The lowest BCUT2D eigenvalue weighted by atomic mass is 9.89. The van der Waals surface area contributed by atoms with Crippen molar-refractivity contribution < 1.29 is 13.9 Å². The van der Waals surface area contributed by atoms with E-state index in [2.05, 4.69) is 12.1 Å². The summed E-state index contributed by atoms with van der Waals surface area (Å²) in [7, 11) is 1.67. The van der Waals surface area contributed by atoms with E-state index in [1.807, 2.05) is 17.0 Å². The Kier molecular flexibility index (Phi) is 3.95. The molecule has 1 aromatic heterocycles. The molecule has 0 saturated carbocycles. The average molecular weight is 285 g/mol. The quantitative estimate of drug-likeness (QED) is 0.869. The molecule has 0 N–H and O–H groups in total. The standard InChI is InChI=1S/C17H19NO3/c1-20-15-6-4-13(5-7-15)14-8-10-18(11-9-14)17(19)16-3-2-12-21-16/h2-7,12,14H,8-11H2,1H3. The van der Waals surface area contributed by atoms with Crippen LogP contribution < -0.4 is 4.74 Å². The number of amides is 1. The van der Waals surface area contributed by atoms with Crippen LogP contribution in [-0.2, 0) is 0 Å². The monoisotopic (exact) mass is 285 g/mol. The molecule has 0 radical (unpaired) electrons. The minimum atomic E-state index is -0.00631. The second-order valence-electron chi connectivity index (χ2n) is 5.32. The van der Waals surface area contributed by atoms with Crippen molar-refractivity contribution in [2.75, 3.05) is 20.2 Å². The molecule has 0 atom stereocenters. The minimum Gasteiger partial charge on any atom is -0.497 e. The fourth-order valence-corrected chi connectivity index (χ4v) is 2.85. The fourth-order valence-electron chi connectivity index (χ4n) is 2.85. The van der Waals surface area contributed by atoms with Crippen molar-refractivity contribution in [3.8, 4) is 5.75 Å². The molecule has 1 saturated heterocycles. The second-order valence-corrected chi connectivity index (χ2v) is 5.32. The van der Waals surface area contributed by atoms with Gasteiger partial charge in [-0.15, -0.1) is 0 Å². The zero-order valence-electron chi connectivity index (χ0n) is 12.1. The van der Waals surface area contributed by atoms with Gasteiger partial charge in [-0.05, 0) is 48.6 Å². The van der Waals surface area contributed by atoms with Crippen molar-refractivity contribution in [2.45, 2.75) is 18.8 Å². The molecule has 0 aliphatic carbocycles. The molecule has 1 amide bonds. The van der Waals surface area contributed by atoms with Crippen LogP contribution in [0.3, 0.4) is 0 Å². The Labute approximate surface area is 124 Å². The number of furan rings is 1. The van der Waals surface area contributed by atoms with Crippen LogP contribution in [-0.4, -0.2) is 31.0 Å². The molecule has 21 heavy (non-hydrogen) atoms. The van der Waals surface area contributed by atoms with Gasteiger partial charge in [-0.2, -0.15) is 0 Å². The Morgan fingerprint density at radius 2 is 1.90 bits per heavy atom. The highest BCUT2D eigenvalue weighted by molar-refractivity contribution is 5.91. The first-order chi connectivity index (χ1) is 10.3. The van der Waals surface area contributed by atoms with Gasteiger partial charge in [0.1, 0.15) is 5.75 Å². The average Bonchev–Trinajstić information content (AvgIpc) is 3.09. The Hall–Kier alpha value is -2.23. The first kappa shape index (κ1) is 13.7. The van der Waals surface area contributed by atoms with Gasteiger partial charge in [-0.25, -0.2) is 0 Å². The van der Waals surface area contributed by atoms with Gasteiger partial charge in [0.05, 0.1) is 13.4 Å². The van der Waals surface area contributed by atoms with E-state index in [0.717, 1.165) is 31.7 Å². The molecule has 1 aliphatic rings. The van der Waals surface area contributed by atoms with Gasteiger partial charge in [0.15, 0.2) is 5.76 Å². The number of benzene rings is 1. The summed E-state index contributed by atoms with van der Waals surface area (Å²) in [5.41, 5.74) is 1.32. The van der Waals surface area contributed by atoms with Gasteiger partial charge in [0, 0.05) is 13.1 Å². The number of nitrogens with zero attached hydrogens (tertiary/aromatic N) is 1. The lowest BCUT2D eigenvalue weighted by Crippen LogP contribution is -2.37. The maximum atomic E-state index is 12.2. The van der Waals surface area contributed by atoms with Crippen LogP contribution in [0, 0.1) is 0 Å². The van der Waals surface area contributed by atoms with Crippen molar-refractivity contribution in [2.24, 2.45) is 0 Å². The van der Waals surface area contributed by atoms with Crippen LogP contribution >= 0.6 is 0 Å². The number of piperidine rings is 1. The molecule has 0 spiro atoms. The summed E-state index contributed by atoms with van der Waals surface area (Å²) in [5, 5.41) is 0. The van der Waals surface area contributed by atoms with Crippen molar-refractivity contribution >= 4 is 5.91 Å². The Balaban J connectivity index is 1.60. The lowest BCUT2D eigenvalue weighted by molar-refractivity contribution is 0.0681. The highest BCUT2D eigenvalue weighted by Crippen LogP contribution is 2.29. The Morgan fingerprint density at radius 3 is 2.48 bits per heavy atom. The molecular formula is C17H19NO3. The van der Waals surface area contributed by atoms with E-state index < -0.39 is 0 Å². The number of hydrogen-bond acceptors (Lipinski definition) is 3. The third-order valence-electron chi connectivity index (χ3n) is 4.10. The first-order valence-electron chi connectivity index (χ1n) is 7.24. The third-order valence-corrected chi connectivity index (χ3v) is 4.10. The second kappa shape index (κ2) is 6.04. The first-order valence-corrected chi connectivity index (χ1v) is 7.24. The molecule has 0 unspecified atom stereocenters. The highest BCUT2D eigenvalue weighted by atomic mass is 16.5. The van der Waals surface area contributed by atoms with Crippen molar-refractivity contribution in [1.29, 1.82) is 0 Å². The zero-order valence-corrected chi connectivity index (χ0v) is 12.1. The number of rotatable bonds is 3. The normalized spacial score (nSPS) is 16.0. The van der Waals surface area contributed by atoms with Crippen LogP contribution in [0.15, 0.2) is 47.1 Å². The minimum absolute atomic E-state index is 0.00631. The number of carbonyl (C=O) groups excluding carboxylic acids is 1. The summed E-state index contributed by atoms with van der Waals surface area (Å²) in [5.74, 6) is 1.81. The van der Waals surface area contributed by atoms with Gasteiger partial charge in [0.25, 0.3) is 5.91 Å². The summed E-state index contributed by atoms with van der Waals surface area (Å²) < 4.78 is 10.4. The van der Waals surface area contributed by atoms with E-state index in [0.29, 0.717) is 11.7 Å². The molecule has 2 aromatic rings. The van der Waals surface area contributed by atoms with Crippen LogP contribution in [0.25, 0.3) is 0 Å². The number of carbonyl (C=O) groups is 1. The topological polar surface area (TPSA) is 42.7 Å². The lowest BCUT2D eigenvalue weighted by Gasteiger charge is -2.31. The summed E-state index contributed by atoms with van der Waals surface area (Å²) in [6.45, 7) is 1.55. The van der Waals surface area contributed by atoms with Gasteiger partial charge in [-0.3, -0.25) is 4.79 Å². The molecule has 1 fully saturated rings. The largest absolute Gasteiger partial charge is 0.497 e. The van der Waals surface area contributed by atoms with Crippen molar-refractivity contribution in [3.63, 3.8) is 0 Å². The Bertz CT molecular complexity index is 581. The molecular weight excluding hydrogens is 266 g/mol. The van der Waals surface area contributed by atoms with Gasteiger partial charge >= 0.3 is 0 Å². The molecule has 1 aromatic carbocycles.